The maximum Gasteiger partial charge on any atom is 0.253 e. The van der Waals surface area contributed by atoms with Gasteiger partial charge >= 0.3 is 0 Å². The molecule has 3 nitrogen and oxygen atoms in total. The number of nitrogens with one attached hydrogen (secondary N) is 1. The highest BCUT2D eigenvalue weighted by Gasteiger charge is 2.13. The maximum absolute atomic E-state index is 12.1. The van der Waals surface area contributed by atoms with E-state index >= 15 is 0 Å². The van der Waals surface area contributed by atoms with Crippen LogP contribution in [-0.2, 0) is 0 Å². The molecule has 0 bridgehead atoms. The number of pyridine rings is 1. The van der Waals surface area contributed by atoms with Gasteiger partial charge in [-0.2, -0.15) is 0 Å². The summed E-state index contributed by atoms with van der Waals surface area (Å²) in [4.78, 5) is 16.4. The molecule has 3 heteroatoms. The largest absolute Gasteiger partial charge is 0.352 e. The third-order valence-corrected chi connectivity index (χ3v) is 4.27. The summed E-state index contributed by atoms with van der Waals surface area (Å²) in [6, 6.07) is 3.76. The molecule has 1 saturated carbocycles. The molecule has 1 fully saturated rings. The van der Waals surface area contributed by atoms with Crippen molar-refractivity contribution >= 4 is 5.91 Å². The highest BCUT2D eigenvalue weighted by Crippen LogP contribution is 2.26. The van der Waals surface area contributed by atoms with E-state index in [0.29, 0.717) is 5.56 Å². The van der Waals surface area contributed by atoms with Gasteiger partial charge in [0, 0.05) is 12.2 Å². The van der Waals surface area contributed by atoms with Gasteiger partial charge in [-0.05, 0) is 44.7 Å². The quantitative estimate of drug-likeness (QED) is 0.830. The highest BCUT2D eigenvalue weighted by molar-refractivity contribution is 5.95. The summed E-state index contributed by atoms with van der Waals surface area (Å²) in [6.07, 6.45) is 9.31. The predicted molar refractivity (Wildman–Crippen MR) is 81.9 cm³/mol. The van der Waals surface area contributed by atoms with Crippen molar-refractivity contribution in [1.82, 2.24) is 10.3 Å². The zero-order chi connectivity index (χ0) is 14.4. The number of hydrogen-bond acceptors (Lipinski definition) is 2. The molecule has 0 aliphatic heterocycles. The van der Waals surface area contributed by atoms with Crippen LogP contribution in [0, 0.1) is 19.8 Å². The number of hydrogen-bond donors (Lipinski definition) is 1. The maximum atomic E-state index is 12.1. The van der Waals surface area contributed by atoms with Crippen molar-refractivity contribution in [2.24, 2.45) is 5.92 Å². The Bertz CT molecular complexity index is 450. The highest BCUT2D eigenvalue weighted by atomic mass is 16.1. The van der Waals surface area contributed by atoms with E-state index in [4.69, 9.17) is 0 Å². The van der Waals surface area contributed by atoms with Crippen LogP contribution in [0.2, 0.25) is 0 Å². The van der Waals surface area contributed by atoms with Crippen LogP contribution in [-0.4, -0.2) is 17.4 Å². The topological polar surface area (TPSA) is 42.0 Å². The number of nitrogens with zero attached hydrogens (tertiary/aromatic N) is 1. The first-order valence-corrected chi connectivity index (χ1v) is 7.89. The lowest BCUT2D eigenvalue weighted by atomic mass is 9.86. The Labute approximate surface area is 122 Å². The molecule has 1 aliphatic carbocycles. The first-order valence-electron chi connectivity index (χ1n) is 7.89. The summed E-state index contributed by atoms with van der Waals surface area (Å²) in [7, 11) is 0. The fourth-order valence-corrected chi connectivity index (χ4v) is 3.09. The van der Waals surface area contributed by atoms with E-state index in [1.807, 2.05) is 26.0 Å². The molecule has 110 valence electrons. The van der Waals surface area contributed by atoms with Crippen molar-refractivity contribution in [1.29, 1.82) is 0 Å². The smallest absolute Gasteiger partial charge is 0.253 e. The third kappa shape index (κ3) is 4.32. The van der Waals surface area contributed by atoms with E-state index < -0.39 is 0 Å². The van der Waals surface area contributed by atoms with E-state index in [9.17, 15) is 4.79 Å². The Morgan fingerprint density at radius 2 is 2.00 bits per heavy atom. The number of carbonyl (C=O) groups is 1. The van der Waals surface area contributed by atoms with Crippen LogP contribution in [0.1, 0.15) is 66.7 Å². The molecule has 1 N–H and O–H groups in total. The molecule has 1 aromatic heterocycles. The van der Waals surface area contributed by atoms with Crippen molar-refractivity contribution in [3.63, 3.8) is 0 Å². The van der Waals surface area contributed by atoms with Gasteiger partial charge in [-0.1, -0.05) is 32.1 Å². The van der Waals surface area contributed by atoms with Crippen molar-refractivity contribution in [2.75, 3.05) is 6.54 Å². The van der Waals surface area contributed by atoms with Crippen LogP contribution in [0.3, 0.4) is 0 Å². The van der Waals surface area contributed by atoms with Crippen molar-refractivity contribution in [2.45, 2.75) is 58.8 Å². The van der Waals surface area contributed by atoms with Crippen LogP contribution >= 0.6 is 0 Å². The molecule has 1 aromatic rings. The minimum absolute atomic E-state index is 0.0126. The summed E-state index contributed by atoms with van der Waals surface area (Å²) in [5, 5.41) is 3.02. The molecule has 0 saturated heterocycles. The Hall–Kier alpha value is -1.38. The number of aromatic nitrogens is 1. The van der Waals surface area contributed by atoms with E-state index in [-0.39, 0.29) is 5.91 Å². The number of aryl methyl sites for hydroxylation is 2. The normalized spacial score (nSPS) is 16.1. The van der Waals surface area contributed by atoms with Crippen molar-refractivity contribution in [3.8, 4) is 0 Å². The first kappa shape index (κ1) is 15.0. The van der Waals surface area contributed by atoms with Gasteiger partial charge in [-0.25, -0.2) is 0 Å². The minimum atomic E-state index is 0.0126. The molecule has 2 rings (SSSR count). The zero-order valence-electron chi connectivity index (χ0n) is 12.7. The van der Waals surface area contributed by atoms with Crippen molar-refractivity contribution in [3.05, 3.63) is 29.1 Å². The number of amides is 1. The molecule has 1 aliphatic rings. The zero-order valence-corrected chi connectivity index (χ0v) is 12.7. The Morgan fingerprint density at radius 1 is 1.25 bits per heavy atom. The van der Waals surface area contributed by atoms with Gasteiger partial charge in [0.25, 0.3) is 5.91 Å². The molecule has 1 heterocycles. The second-order valence-electron chi connectivity index (χ2n) is 5.99. The molecule has 1 amide bonds. The molecule has 0 unspecified atom stereocenters. The van der Waals surface area contributed by atoms with Gasteiger partial charge in [-0.15, -0.1) is 0 Å². The van der Waals surface area contributed by atoms with Crippen LogP contribution in [0.5, 0.6) is 0 Å². The fourth-order valence-electron chi connectivity index (χ4n) is 3.09. The Kier molecular flexibility index (Phi) is 5.57. The molecule has 20 heavy (non-hydrogen) atoms. The Balaban J connectivity index is 1.72. The third-order valence-electron chi connectivity index (χ3n) is 4.27. The van der Waals surface area contributed by atoms with Crippen LogP contribution < -0.4 is 5.32 Å². The summed E-state index contributed by atoms with van der Waals surface area (Å²) in [5.41, 5.74) is 2.47. The monoisotopic (exact) mass is 274 g/mol. The average molecular weight is 274 g/mol. The van der Waals surface area contributed by atoms with Gasteiger partial charge in [0.15, 0.2) is 0 Å². The lowest BCUT2D eigenvalue weighted by Gasteiger charge is -2.21. The van der Waals surface area contributed by atoms with Gasteiger partial charge in [0.1, 0.15) is 0 Å². The summed E-state index contributed by atoms with van der Waals surface area (Å²) in [5.74, 6) is 0.905. The van der Waals surface area contributed by atoms with E-state index in [1.54, 1.807) is 0 Å². The SMILES string of the molecule is Cc1ccc(C(=O)NCCCC2CCCCC2)c(C)n1. The standard InChI is InChI=1S/C17H26N2O/c1-13-10-11-16(14(2)19-13)17(20)18-12-6-9-15-7-4-3-5-8-15/h10-11,15H,3-9,12H2,1-2H3,(H,18,20). The van der Waals surface area contributed by atoms with Gasteiger partial charge in [0.2, 0.25) is 0 Å². The molecular formula is C17H26N2O. The number of rotatable bonds is 5. The van der Waals surface area contributed by atoms with Crippen molar-refractivity contribution < 1.29 is 4.79 Å². The summed E-state index contributed by atoms with van der Waals surface area (Å²) in [6.45, 7) is 4.62. The molecule has 0 atom stereocenters. The van der Waals surface area contributed by atoms with Crippen LogP contribution in [0.25, 0.3) is 0 Å². The van der Waals surface area contributed by atoms with E-state index in [0.717, 1.165) is 30.3 Å². The lowest BCUT2D eigenvalue weighted by Crippen LogP contribution is -2.26. The fraction of sp³-hybridized carbons (Fsp3) is 0.647. The second kappa shape index (κ2) is 7.41. The second-order valence-corrected chi connectivity index (χ2v) is 5.99. The molecule has 0 spiro atoms. The van der Waals surface area contributed by atoms with Gasteiger partial charge in [0.05, 0.1) is 11.3 Å². The summed E-state index contributed by atoms with van der Waals surface area (Å²) < 4.78 is 0. The van der Waals surface area contributed by atoms with Crippen LogP contribution in [0.15, 0.2) is 12.1 Å². The molecular weight excluding hydrogens is 248 g/mol. The van der Waals surface area contributed by atoms with Gasteiger partial charge < -0.3 is 5.32 Å². The van der Waals surface area contributed by atoms with Gasteiger partial charge in [-0.3, -0.25) is 9.78 Å². The first-order chi connectivity index (χ1) is 9.66. The van der Waals surface area contributed by atoms with Crippen LogP contribution in [0.4, 0.5) is 0 Å². The van der Waals surface area contributed by atoms with E-state index in [2.05, 4.69) is 10.3 Å². The summed E-state index contributed by atoms with van der Waals surface area (Å²) >= 11 is 0. The van der Waals surface area contributed by atoms with E-state index in [1.165, 1.54) is 38.5 Å². The lowest BCUT2D eigenvalue weighted by molar-refractivity contribution is 0.0951. The molecule has 0 radical (unpaired) electrons. The Morgan fingerprint density at radius 3 is 2.70 bits per heavy atom. The number of carbonyl (C=O) groups excluding carboxylic acids is 1. The average Bonchev–Trinajstić information content (AvgIpc) is 2.44. The molecule has 0 aromatic carbocycles. The minimum Gasteiger partial charge on any atom is -0.352 e. The predicted octanol–water partition coefficient (Wildman–Crippen LogP) is 3.79.